The Balaban J connectivity index is 1.35. The van der Waals surface area contributed by atoms with Crippen molar-refractivity contribution < 1.29 is 5.11 Å². The predicted molar refractivity (Wildman–Crippen MR) is 100 cm³/mol. The molecule has 0 aliphatic carbocycles. The number of phenols is 1. The van der Waals surface area contributed by atoms with Crippen LogP contribution in [0.1, 0.15) is 19.0 Å². The number of fused-ring (bicyclic) bond motifs is 1. The summed E-state index contributed by atoms with van der Waals surface area (Å²) in [5, 5.41) is 15.4. The molecule has 0 bridgehead atoms. The van der Waals surface area contributed by atoms with Gasteiger partial charge in [0.05, 0.1) is 0 Å². The highest BCUT2D eigenvalue weighted by Gasteiger charge is 2.22. The van der Waals surface area contributed by atoms with E-state index < -0.39 is 0 Å². The zero-order valence-electron chi connectivity index (χ0n) is 14.6. The highest BCUT2D eigenvalue weighted by Crippen LogP contribution is 2.21. The highest BCUT2D eigenvalue weighted by atomic mass is 16.3. The first kappa shape index (κ1) is 16.2. The first-order chi connectivity index (χ1) is 12.2. The standard InChI is InChI=1S/C19H25N5O/c1-2-15-11-20-14-24(12-15)23-7-5-22(6-8-23)13-17-9-16-3-4-18(25)10-19(16)21-17/h3-4,9-12,21,25H,2,5-8,13-14H2,1H3. The molecule has 1 fully saturated rings. The van der Waals surface area contributed by atoms with Gasteiger partial charge in [-0.15, -0.1) is 0 Å². The number of phenolic OH excluding ortho intramolecular Hbond substituents is 1. The van der Waals surface area contributed by atoms with Crippen molar-refractivity contribution in [2.24, 2.45) is 4.99 Å². The lowest BCUT2D eigenvalue weighted by Gasteiger charge is -2.40. The molecule has 3 heterocycles. The van der Waals surface area contributed by atoms with E-state index in [0.29, 0.717) is 5.75 Å². The molecule has 0 spiro atoms. The van der Waals surface area contributed by atoms with Crippen LogP contribution in [0.2, 0.25) is 0 Å². The summed E-state index contributed by atoms with van der Waals surface area (Å²) in [5.41, 5.74) is 3.48. The summed E-state index contributed by atoms with van der Waals surface area (Å²) in [7, 11) is 0. The Hall–Kier alpha value is -2.31. The summed E-state index contributed by atoms with van der Waals surface area (Å²) < 4.78 is 0. The number of hydrogen-bond donors (Lipinski definition) is 2. The minimum atomic E-state index is 0.304. The zero-order chi connectivity index (χ0) is 17.2. The molecule has 6 nitrogen and oxygen atoms in total. The number of aromatic hydroxyl groups is 1. The van der Waals surface area contributed by atoms with Crippen LogP contribution in [0.15, 0.2) is 41.0 Å². The molecule has 2 aliphatic rings. The number of aromatic amines is 1. The number of aliphatic imine (C=N–C) groups is 1. The second-order valence-electron chi connectivity index (χ2n) is 6.75. The molecule has 0 radical (unpaired) electrons. The van der Waals surface area contributed by atoms with Crippen molar-refractivity contribution in [1.29, 1.82) is 0 Å². The number of hydrazine groups is 1. The van der Waals surface area contributed by atoms with Crippen molar-refractivity contribution in [2.75, 3.05) is 32.8 Å². The van der Waals surface area contributed by atoms with Gasteiger partial charge in [0.2, 0.25) is 0 Å². The molecular formula is C19H25N5O. The first-order valence-electron chi connectivity index (χ1n) is 8.96. The first-order valence-corrected chi connectivity index (χ1v) is 8.96. The van der Waals surface area contributed by atoms with Gasteiger partial charge in [-0.2, -0.15) is 0 Å². The largest absolute Gasteiger partial charge is 0.508 e. The van der Waals surface area contributed by atoms with Crippen molar-refractivity contribution in [1.82, 2.24) is 19.9 Å². The van der Waals surface area contributed by atoms with E-state index in [1.807, 2.05) is 12.3 Å². The molecule has 6 heteroatoms. The molecule has 132 valence electrons. The van der Waals surface area contributed by atoms with Crippen LogP contribution >= 0.6 is 0 Å². The summed E-state index contributed by atoms with van der Waals surface area (Å²) in [4.78, 5) is 10.3. The van der Waals surface area contributed by atoms with Gasteiger partial charge in [0, 0.05) is 62.4 Å². The van der Waals surface area contributed by atoms with Crippen LogP contribution in [0.25, 0.3) is 10.9 Å². The van der Waals surface area contributed by atoms with Gasteiger partial charge >= 0.3 is 0 Å². The molecule has 25 heavy (non-hydrogen) atoms. The molecular weight excluding hydrogens is 314 g/mol. The molecule has 1 saturated heterocycles. The number of benzene rings is 1. The van der Waals surface area contributed by atoms with E-state index in [4.69, 9.17) is 0 Å². The van der Waals surface area contributed by atoms with Crippen molar-refractivity contribution in [3.63, 3.8) is 0 Å². The van der Waals surface area contributed by atoms with Crippen molar-refractivity contribution >= 4 is 17.1 Å². The maximum atomic E-state index is 9.60. The Bertz CT molecular complexity index is 801. The van der Waals surface area contributed by atoms with E-state index in [1.165, 1.54) is 11.3 Å². The minimum absolute atomic E-state index is 0.304. The number of rotatable bonds is 4. The van der Waals surface area contributed by atoms with Crippen LogP contribution in [-0.2, 0) is 6.54 Å². The quantitative estimate of drug-likeness (QED) is 0.899. The Morgan fingerprint density at radius 1 is 1.16 bits per heavy atom. The molecule has 4 rings (SSSR count). The number of nitrogens with zero attached hydrogens (tertiary/aromatic N) is 4. The van der Waals surface area contributed by atoms with Crippen LogP contribution in [0.5, 0.6) is 5.75 Å². The minimum Gasteiger partial charge on any atom is -0.508 e. The predicted octanol–water partition coefficient (Wildman–Crippen LogP) is 2.54. The summed E-state index contributed by atoms with van der Waals surface area (Å²) in [6.07, 6.45) is 5.24. The smallest absolute Gasteiger partial charge is 0.124 e. The maximum absolute atomic E-state index is 9.60. The number of aromatic nitrogens is 1. The summed E-state index contributed by atoms with van der Waals surface area (Å²) >= 11 is 0. The Morgan fingerprint density at radius 2 is 2.00 bits per heavy atom. The summed E-state index contributed by atoms with van der Waals surface area (Å²) in [5.74, 6) is 0.304. The zero-order valence-corrected chi connectivity index (χ0v) is 14.6. The van der Waals surface area contributed by atoms with Crippen LogP contribution in [0.4, 0.5) is 0 Å². The van der Waals surface area contributed by atoms with E-state index in [9.17, 15) is 5.11 Å². The molecule has 0 unspecified atom stereocenters. The number of hydrogen-bond acceptors (Lipinski definition) is 5. The van der Waals surface area contributed by atoms with Crippen molar-refractivity contribution in [2.45, 2.75) is 19.9 Å². The van der Waals surface area contributed by atoms with E-state index in [0.717, 1.165) is 56.7 Å². The third-order valence-electron chi connectivity index (χ3n) is 4.97. The van der Waals surface area contributed by atoms with Crippen molar-refractivity contribution in [3.8, 4) is 5.75 Å². The second kappa shape index (κ2) is 6.90. The summed E-state index contributed by atoms with van der Waals surface area (Å²) in [6.45, 7) is 7.92. The molecule has 2 N–H and O–H groups in total. The van der Waals surface area contributed by atoms with Crippen molar-refractivity contribution in [3.05, 3.63) is 41.7 Å². The second-order valence-corrected chi connectivity index (χ2v) is 6.75. The number of allylic oxidation sites excluding steroid dienone is 1. The van der Waals surface area contributed by atoms with Gasteiger partial charge in [-0.05, 0) is 35.6 Å². The van der Waals surface area contributed by atoms with Crippen LogP contribution in [0, 0.1) is 0 Å². The monoisotopic (exact) mass is 339 g/mol. The highest BCUT2D eigenvalue weighted by molar-refractivity contribution is 5.81. The number of nitrogens with one attached hydrogen (secondary N) is 1. The average Bonchev–Trinajstić information content (AvgIpc) is 3.03. The Kier molecular flexibility index (Phi) is 4.46. The fourth-order valence-electron chi connectivity index (χ4n) is 3.51. The van der Waals surface area contributed by atoms with E-state index in [-0.39, 0.29) is 0 Å². The third kappa shape index (κ3) is 3.55. The van der Waals surface area contributed by atoms with Crippen LogP contribution in [0.3, 0.4) is 0 Å². The molecule has 2 aliphatic heterocycles. The fraction of sp³-hybridized carbons (Fsp3) is 0.421. The van der Waals surface area contributed by atoms with Gasteiger partial charge in [-0.25, -0.2) is 5.01 Å². The third-order valence-corrected chi connectivity index (χ3v) is 4.97. The van der Waals surface area contributed by atoms with Gasteiger partial charge < -0.3 is 10.1 Å². The van der Waals surface area contributed by atoms with Gasteiger partial charge in [0.15, 0.2) is 0 Å². The molecule has 0 amide bonds. The number of H-pyrrole nitrogens is 1. The van der Waals surface area contributed by atoms with Crippen LogP contribution < -0.4 is 0 Å². The SMILES string of the molecule is CCC1=CN(N2CCN(Cc3cc4ccc(O)cc4[nH]3)CC2)CN=C1. The van der Waals surface area contributed by atoms with Gasteiger partial charge in [-0.3, -0.25) is 14.9 Å². The Labute approximate surface area is 148 Å². The van der Waals surface area contributed by atoms with E-state index >= 15 is 0 Å². The lowest BCUT2D eigenvalue weighted by molar-refractivity contribution is -0.0223. The number of piperazine rings is 1. The topological polar surface area (TPSA) is 58.1 Å². The van der Waals surface area contributed by atoms with Crippen LogP contribution in [-0.4, -0.2) is 64.1 Å². The molecule has 0 atom stereocenters. The molecule has 1 aromatic heterocycles. The average molecular weight is 339 g/mol. The fourth-order valence-corrected chi connectivity index (χ4v) is 3.51. The van der Waals surface area contributed by atoms with E-state index in [2.05, 4.69) is 44.1 Å². The van der Waals surface area contributed by atoms with Gasteiger partial charge in [0.1, 0.15) is 12.4 Å². The summed E-state index contributed by atoms with van der Waals surface area (Å²) in [6, 6.07) is 7.65. The van der Waals surface area contributed by atoms with E-state index in [1.54, 1.807) is 12.1 Å². The van der Waals surface area contributed by atoms with Gasteiger partial charge in [0.25, 0.3) is 0 Å². The van der Waals surface area contributed by atoms with Gasteiger partial charge in [-0.1, -0.05) is 6.92 Å². The Morgan fingerprint density at radius 3 is 2.80 bits per heavy atom. The lowest BCUT2D eigenvalue weighted by atomic mass is 10.2. The molecule has 1 aromatic carbocycles. The maximum Gasteiger partial charge on any atom is 0.124 e. The normalized spacial score (nSPS) is 19.6. The molecule has 0 saturated carbocycles. The molecule has 2 aromatic rings. The lowest BCUT2D eigenvalue weighted by Crippen LogP contribution is -2.52.